The van der Waals surface area contributed by atoms with Crippen molar-refractivity contribution < 1.29 is 13.9 Å². The van der Waals surface area contributed by atoms with Crippen LogP contribution in [-0.2, 0) is 11.3 Å². The van der Waals surface area contributed by atoms with E-state index in [1.54, 1.807) is 13.2 Å². The van der Waals surface area contributed by atoms with E-state index >= 15 is 0 Å². The van der Waals surface area contributed by atoms with Gasteiger partial charge in [-0.25, -0.2) is 0 Å². The van der Waals surface area contributed by atoms with E-state index in [-0.39, 0.29) is 11.7 Å². The molecule has 88 valence electrons. The second-order valence-corrected chi connectivity index (χ2v) is 4.58. The largest absolute Gasteiger partial charge is 0.456 e. The van der Waals surface area contributed by atoms with Crippen molar-refractivity contribution >= 4 is 5.78 Å². The predicted octanol–water partition coefficient (Wildman–Crippen LogP) is 3.04. The topological polar surface area (TPSA) is 39.4 Å². The number of hydrogen-bond donors (Lipinski definition) is 0. The molecule has 3 heteroatoms. The van der Waals surface area contributed by atoms with Gasteiger partial charge in [-0.05, 0) is 30.9 Å². The van der Waals surface area contributed by atoms with Gasteiger partial charge in [-0.15, -0.1) is 0 Å². The Morgan fingerprint density at radius 1 is 1.50 bits per heavy atom. The minimum Gasteiger partial charge on any atom is -0.456 e. The predicted molar refractivity (Wildman–Crippen MR) is 60.3 cm³/mol. The molecule has 1 aromatic heterocycles. The van der Waals surface area contributed by atoms with Crippen LogP contribution in [0, 0.1) is 11.8 Å². The normalized spacial score (nSPS) is 24.9. The van der Waals surface area contributed by atoms with Crippen LogP contribution in [0.4, 0.5) is 0 Å². The zero-order chi connectivity index (χ0) is 11.5. The van der Waals surface area contributed by atoms with E-state index in [0.29, 0.717) is 18.3 Å². The summed E-state index contributed by atoms with van der Waals surface area (Å²) in [7, 11) is 1.61. The highest BCUT2D eigenvalue weighted by Crippen LogP contribution is 2.33. The van der Waals surface area contributed by atoms with Gasteiger partial charge in [-0.3, -0.25) is 4.79 Å². The van der Waals surface area contributed by atoms with Gasteiger partial charge in [-0.1, -0.05) is 13.3 Å². The molecular formula is C13H18O3. The molecule has 1 aliphatic rings. The number of ketones is 1. The van der Waals surface area contributed by atoms with Gasteiger partial charge in [0, 0.05) is 13.0 Å². The number of ether oxygens (including phenoxy) is 1. The minimum absolute atomic E-state index is 0.154. The second kappa shape index (κ2) is 4.83. The van der Waals surface area contributed by atoms with E-state index in [2.05, 4.69) is 6.92 Å². The maximum atomic E-state index is 12.1. The van der Waals surface area contributed by atoms with E-state index in [1.165, 1.54) is 0 Å². The molecular weight excluding hydrogens is 204 g/mol. The molecule has 0 radical (unpaired) electrons. The Morgan fingerprint density at radius 2 is 2.31 bits per heavy atom. The zero-order valence-corrected chi connectivity index (χ0v) is 9.86. The van der Waals surface area contributed by atoms with Crippen LogP contribution in [-0.4, -0.2) is 12.9 Å². The fraction of sp³-hybridized carbons (Fsp3) is 0.615. The van der Waals surface area contributed by atoms with Crippen molar-refractivity contribution in [2.24, 2.45) is 11.8 Å². The summed E-state index contributed by atoms with van der Waals surface area (Å²) in [6.45, 7) is 2.57. The van der Waals surface area contributed by atoms with Gasteiger partial charge in [0.2, 0.25) is 5.78 Å². The number of hydrogen-bond acceptors (Lipinski definition) is 3. The lowest BCUT2D eigenvalue weighted by Gasteiger charge is -2.11. The van der Waals surface area contributed by atoms with Crippen LogP contribution in [0.25, 0.3) is 0 Å². The molecule has 1 saturated carbocycles. The molecule has 0 bridgehead atoms. The summed E-state index contributed by atoms with van der Waals surface area (Å²) in [5, 5.41) is 0. The van der Waals surface area contributed by atoms with Gasteiger partial charge in [0.15, 0.2) is 5.76 Å². The third kappa shape index (κ3) is 2.19. The van der Waals surface area contributed by atoms with E-state index in [4.69, 9.17) is 9.15 Å². The summed E-state index contributed by atoms with van der Waals surface area (Å²) >= 11 is 0. The summed E-state index contributed by atoms with van der Waals surface area (Å²) in [5.74, 6) is 2.01. The van der Waals surface area contributed by atoms with Gasteiger partial charge >= 0.3 is 0 Å². The number of furan rings is 1. The van der Waals surface area contributed by atoms with E-state index < -0.39 is 0 Å². The van der Waals surface area contributed by atoms with Crippen LogP contribution in [0.5, 0.6) is 0 Å². The smallest absolute Gasteiger partial charge is 0.201 e. The van der Waals surface area contributed by atoms with Crippen molar-refractivity contribution in [1.82, 2.24) is 0 Å². The first kappa shape index (κ1) is 11.4. The molecule has 2 rings (SSSR count). The van der Waals surface area contributed by atoms with Gasteiger partial charge in [0.25, 0.3) is 0 Å². The zero-order valence-electron chi connectivity index (χ0n) is 9.86. The third-order valence-corrected chi connectivity index (χ3v) is 3.39. The minimum atomic E-state index is 0.154. The van der Waals surface area contributed by atoms with Crippen molar-refractivity contribution in [2.45, 2.75) is 32.8 Å². The molecule has 2 unspecified atom stereocenters. The summed E-state index contributed by atoms with van der Waals surface area (Å²) in [6.07, 6.45) is 3.31. The van der Waals surface area contributed by atoms with Crippen molar-refractivity contribution in [3.05, 3.63) is 23.7 Å². The van der Waals surface area contributed by atoms with Crippen molar-refractivity contribution in [3.8, 4) is 0 Å². The molecule has 0 aliphatic heterocycles. The second-order valence-electron chi connectivity index (χ2n) is 4.58. The number of methoxy groups -OCH3 is 1. The maximum absolute atomic E-state index is 12.1. The average molecular weight is 222 g/mol. The molecule has 1 heterocycles. The van der Waals surface area contributed by atoms with E-state index in [9.17, 15) is 4.79 Å². The SMILES string of the molecule is COCc1ccc(C(=O)C2CCCC2C)o1. The highest BCUT2D eigenvalue weighted by Gasteiger charge is 2.31. The Labute approximate surface area is 95.8 Å². The number of Topliss-reactive ketones (excluding diaryl/α,β-unsaturated/α-hetero) is 1. The van der Waals surface area contributed by atoms with Crippen molar-refractivity contribution in [2.75, 3.05) is 7.11 Å². The molecule has 2 atom stereocenters. The lowest BCUT2D eigenvalue weighted by atomic mass is 9.92. The molecule has 0 saturated heterocycles. The highest BCUT2D eigenvalue weighted by atomic mass is 16.5. The van der Waals surface area contributed by atoms with Crippen LogP contribution < -0.4 is 0 Å². The monoisotopic (exact) mass is 222 g/mol. The molecule has 0 N–H and O–H groups in total. The average Bonchev–Trinajstić information content (AvgIpc) is 2.87. The lowest BCUT2D eigenvalue weighted by molar-refractivity contribution is 0.0860. The summed E-state index contributed by atoms with van der Waals surface area (Å²) < 4.78 is 10.4. The molecule has 1 aromatic rings. The van der Waals surface area contributed by atoms with Crippen LogP contribution in [0.1, 0.15) is 42.5 Å². The summed E-state index contributed by atoms with van der Waals surface area (Å²) in [4.78, 5) is 12.1. The Morgan fingerprint density at radius 3 is 2.94 bits per heavy atom. The first-order valence-electron chi connectivity index (χ1n) is 5.84. The maximum Gasteiger partial charge on any atom is 0.201 e. The fourth-order valence-electron chi connectivity index (χ4n) is 2.45. The first-order valence-corrected chi connectivity index (χ1v) is 5.84. The van der Waals surface area contributed by atoms with E-state index in [1.807, 2.05) is 6.07 Å². The Bertz CT molecular complexity index is 367. The molecule has 0 aromatic carbocycles. The van der Waals surface area contributed by atoms with Crippen molar-refractivity contribution in [3.63, 3.8) is 0 Å². The summed E-state index contributed by atoms with van der Waals surface area (Å²) in [6, 6.07) is 3.58. The van der Waals surface area contributed by atoms with Gasteiger partial charge in [0.1, 0.15) is 12.4 Å². The van der Waals surface area contributed by atoms with Gasteiger partial charge < -0.3 is 9.15 Å². The number of rotatable bonds is 4. The van der Waals surface area contributed by atoms with Crippen LogP contribution in [0.3, 0.4) is 0 Å². The Kier molecular flexibility index (Phi) is 3.44. The molecule has 1 aliphatic carbocycles. The molecule has 16 heavy (non-hydrogen) atoms. The van der Waals surface area contributed by atoms with Crippen LogP contribution in [0.15, 0.2) is 16.5 Å². The number of carbonyl (C=O) groups excluding carboxylic acids is 1. The summed E-state index contributed by atoms with van der Waals surface area (Å²) in [5.41, 5.74) is 0. The Balaban J connectivity index is 2.08. The molecule has 0 spiro atoms. The van der Waals surface area contributed by atoms with Gasteiger partial charge in [-0.2, -0.15) is 0 Å². The lowest BCUT2D eigenvalue weighted by Crippen LogP contribution is -2.16. The standard InChI is InChI=1S/C13H18O3/c1-9-4-3-5-11(9)13(14)12-7-6-10(16-12)8-15-2/h6-7,9,11H,3-5,8H2,1-2H3. The third-order valence-electron chi connectivity index (χ3n) is 3.39. The first-order chi connectivity index (χ1) is 7.72. The fourth-order valence-corrected chi connectivity index (χ4v) is 2.45. The highest BCUT2D eigenvalue weighted by molar-refractivity contribution is 5.95. The quantitative estimate of drug-likeness (QED) is 0.735. The van der Waals surface area contributed by atoms with Crippen LogP contribution in [0.2, 0.25) is 0 Å². The van der Waals surface area contributed by atoms with Crippen molar-refractivity contribution in [1.29, 1.82) is 0 Å². The van der Waals surface area contributed by atoms with E-state index in [0.717, 1.165) is 25.0 Å². The molecule has 3 nitrogen and oxygen atoms in total. The van der Waals surface area contributed by atoms with Gasteiger partial charge in [0.05, 0.1) is 0 Å². The molecule has 1 fully saturated rings. The molecule has 0 amide bonds. The van der Waals surface area contributed by atoms with Crippen LogP contribution >= 0.6 is 0 Å². The number of carbonyl (C=O) groups is 1. The Hall–Kier alpha value is -1.09.